The van der Waals surface area contributed by atoms with Crippen molar-refractivity contribution in [3.05, 3.63) is 105 Å². The van der Waals surface area contributed by atoms with Gasteiger partial charge in [-0.2, -0.15) is 0 Å². The molecule has 4 aromatic carbocycles. The second kappa shape index (κ2) is 12.8. The van der Waals surface area contributed by atoms with Gasteiger partial charge in [0.1, 0.15) is 0 Å². The van der Waals surface area contributed by atoms with Crippen molar-refractivity contribution in [1.82, 2.24) is 9.80 Å². The summed E-state index contributed by atoms with van der Waals surface area (Å²) in [5.74, 6) is -0.865. The number of rotatable bonds is 4. The van der Waals surface area contributed by atoms with E-state index in [2.05, 4.69) is 11.1 Å². The van der Waals surface area contributed by atoms with Gasteiger partial charge in [0.15, 0.2) is 17.2 Å². The number of hydrogen-bond donors (Lipinski definition) is 4. The zero-order valence-corrected chi connectivity index (χ0v) is 23.9. The van der Waals surface area contributed by atoms with E-state index in [1.54, 1.807) is 66.3 Å². The van der Waals surface area contributed by atoms with Crippen LogP contribution in [-0.4, -0.2) is 60.0 Å². The quantitative estimate of drug-likeness (QED) is 0.203. The molecule has 216 valence electrons. The predicted octanol–water partition coefficient (Wildman–Crippen LogP) is 0.609. The lowest BCUT2D eigenvalue weighted by Crippen LogP contribution is -2.40. The number of amides is 2. The molecule has 2 amide bonds. The molecule has 4 rings (SSSR count). The van der Waals surface area contributed by atoms with Crippen LogP contribution in [0.4, 0.5) is 17.1 Å². The van der Waals surface area contributed by atoms with E-state index in [0.717, 1.165) is 0 Å². The van der Waals surface area contributed by atoms with E-state index >= 15 is 0 Å². The van der Waals surface area contributed by atoms with Gasteiger partial charge in [-0.05, 0) is 39.0 Å². The van der Waals surface area contributed by atoms with Crippen LogP contribution < -0.4 is 32.8 Å². The van der Waals surface area contributed by atoms with Crippen molar-refractivity contribution in [1.29, 1.82) is 0 Å². The molecule has 12 nitrogen and oxygen atoms in total. The van der Waals surface area contributed by atoms with Gasteiger partial charge in [-0.3, -0.25) is 28.8 Å². The molecule has 4 aromatic rings. The number of para-hydroxylation sites is 2. The molecule has 0 bridgehead atoms. The molecule has 0 aliphatic heterocycles. The number of aromatic hydroxyl groups is 2. The van der Waals surface area contributed by atoms with Crippen LogP contribution in [0.2, 0.25) is 0 Å². The summed E-state index contributed by atoms with van der Waals surface area (Å²) in [4.78, 5) is 69.3. The van der Waals surface area contributed by atoms with Crippen LogP contribution in [0.25, 0.3) is 0 Å². The molecule has 0 aliphatic rings. The van der Waals surface area contributed by atoms with E-state index in [-0.39, 0.29) is 56.7 Å². The lowest BCUT2D eigenvalue weighted by Gasteiger charge is -2.15. The summed E-state index contributed by atoms with van der Waals surface area (Å²) in [6.07, 6.45) is 0. The zero-order chi connectivity index (χ0) is 31.3. The Morgan fingerprint density at radius 2 is 1.07 bits per heavy atom. The maximum Gasteiger partial charge on any atom is 0.257 e. The number of phenols is 2. The van der Waals surface area contributed by atoms with Gasteiger partial charge in [-0.25, -0.2) is 0 Å². The third kappa shape index (κ3) is 6.73. The second-order valence-corrected chi connectivity index (χ2v) is 9.61. The smallest absolute Gasteiger partial charge is 0.257 e. The summed E-state index contributed by atoms with van der Waals surface area (Å²) in [5.41, 5.74) is 4.62. The molecule has 0 fully saturated rings. The van der Waals surface area contributed by atoms with Gasteiger partial charge < -0.3 is 31.1 Å². The fourth-order valence-corrected chi connectivity index (χ4v) is 3.47. The van der Waals surface area contributed by atoms with Crippen molar-refractivity contribution in [3.63, 3.8) is 0 Å². The summed E-state index contributed by atoms with van der Waals surface area (Å²) in [6.45, 7) is 4.86. The maximum absolute atomic E-state index is 11.9. The Hall–Kier alpha value is -5.10. The number of nitrogens with zero attached hydrogens (tertiary/aromatic N) is 2. The highest BCUT2D eigenvalue weighted by atomic mass is 16.3. The number of carbonyl (C=O) groups is 2. The van der Waals surface area contributed by atoms with Crippen LogP contribution in [0.5, 0.6) is 11.5 Å². The van der Waals surface area contributed by atoms with Crippen molar-refractivity contribution in [2.45, 2.75) is 20.8 Å². The first-order valence-electron chi connectivity index (χ1n) is 12.2. The minimum absolute atomic E-state index is 0.0406. The Morgan fingerprint density at radius 3 is 1.49 bits per heavy atom. The van der Waals surface area contributed by atoms with Crippen LogP contribution >= 0.6 is 0 Å². The number of hydrogen-bond acceptors (Lipinski definition) is 9. The van der Waals surface area contributed by atoms with E-state index in [4.69, 9.17) is 0 Å². The van der Waals surface area contributed by atoms with Crippen LogP contribution in [0.3, 0.4) is 0 Å². The molecule has 41 heavy (non-hydrogen) atoms. The third-order valence-electron chi connectivity index (χ3n) is 6.29. The molecule has 0 aromatic heterocycles. The molecular formula is C29H33N4O8+. The van der Waals surface area contributed by atoms with E-state index in [1.165, 1.54) is 28.9 Å². The van der Waals surface area contributed by atoms with Crippen molar-refractivity contribution in [3.8, 4) is 11.5 Å². The number of benzene rings is 2. The standard InChI is InChI=1S/C14H14N2O4.C9H12N2O2.C6H6O2/c1-7-10(13(19)11(7)17)15-9-6-4-5-8(12(9)18)14(20)16(2)3;1-11(2)9(13)6-4-3-5-7(10)8(6)12;1-3-4(2)6(8)5(3)7/h4-6,15,18H,1-3H3;3-5,12H,10H2,1-2H3;1-2H3/p+1. The molecule has 6 N–H and O–H groups in total. The Bertz CT molecular complexity index is 1720. The first kappa shape index (κ1) is 32.1. The van der Waals surface area contributed by atoms with Gasteiger partial charge in [-0.15, -0.1) is 0 Å². The largest absolute Gasteiger partial charge is 0.505 e. The van der Waals surface area contributed by atoms with Crippen molar-refractivity contribution < 1.29 is 25.5 Å². The average molecular weight is 566 g/mol. The SMILES string of the molecule is CN(C)C(=O)c1cccc([NH3+])c1O.Cc1c(C)c(=O)c1=O.Cc1c(Nc2cccc(C(=O)N(C)C)c2O)c(=O)c1=O. The van der Waals surface area contributed by atoms with E-state index in [1.807, 2.05) is 0 Å². The van der Waals surface area contributed by atoms with Crippen LogP contribution in [0.1, 0.15) is 37.4 Å². The van der Waals surface area contributed by atoms with E-state index in [9.17, 15) is 39.0 Å². The van der Waals surface area contributed by atoms with Gasteiger partial charge in [0.25, 0.3) is 11.8 Å². The van der Waals surface area contributed by atoms with Gasteiger partial charge in [-0.1, -0.05) is 12.1 Å². The monoisotopic (exact) mass is 565 g/mol. The Balaban J connectivity index is 0.000000239. The van der Waals surface area contributed by atoms with Gasteiger partial charge >= 0.3 is 0 Å². The first-order chi connectivity index (χ1) is 19.0. The fourth-order valence-electron chi connectivity index (χ4n) is 3.47. The summed E-state index contributed by atoms with van der Waals surface area (Å²) in [7, 11) is 6.42. The molecule has 0 unspecified atom stereocenters. The first-order valence-corrected chi connectivity index (χ1v) is 12.2. The minimum atomic E-state index is -0.619. The van der Waals surface area contributed by atoms with Crippen LogP contribution in [-0.2, 0) is 0 Å². The Kier molecular flexibility index (Phi) is 10.1. The van der Waals surface area contributed by atoms with Gasteiger partial charge in [0.05, 0.1) is 22.5 Å². The molecule has 0 heterocycles. The van der Waals surface area contributed by atoms with Gasteiger partial charge in [0.2, 0.25) is 21.7 Å². The highest BCUT2D eigenvalue weighted by Gasteiger charge is 2.21. The van der Waals surface area contributed by atoms with Crippen LogP contribution in [0.15, 0.2) is 55.6 Å². The molecule has 0 saturated carbocycles. The maximum atomic E-state index is 11.9. The average Bonchev–Trinajstić information content (AvgIpc) is 2.96. The van der Waals surface area contributed by atoms with E-state index in [0.29, 0.717) is 22.4 Å². The molecule has 0 radical (unpaired) electrons. The highest BCUT2D eigenvalue weighted by Crippen LogP contribution is 2.30. The second-order valence-electron chi connectivity index (χ2n) is 9.61. The summed E-state index contributed by atoms with van der Waals surface area (Å²) >= 11 is 0. The number of phenolic OH excluding ortho intramolecular Hbond substituents is 2. The van der Waals surface area contributed by atoms with E-state index < -0.39 is 10.9 Å². The third-order valence-corrected chi connectivity index (χ3v) is 6.29. The summed E-state index contributed by atoms with van der Waals surface area (Å²) < 4.78 is 0. The lowest BCUT2D eigenvalue weighted by atomic mass is 10.1. The normalized spacial score (nSPS) is 10.2. The molecule has 0 spiro atoms. The summed E-state index contributed by atoms with van der Waals surface area (Å²) in [6, 6.07) is 9.52. The number of anilines is 2. The molecule has 0 atom stereocenters. The number of nitrogens with one attached hydrogen (secondary N) is 1. The molecular weight excluding hydrogens is 532 g/mol. The molecule has 12 heteroatoms. The van der Waals surface area contributed by atoms with Crippen molar-refractivity contribution in [2.24, 2.45) is 0 Å². The topological polar surface area (TPSA) is 189 Å². The molecule has 0 saturated heterocycles. The van der Waals surface area contributed by atoms with Crippen molar-refractivity contribution in [2.75, 3.05) is 33.5 Å². The Labute approximate surface area is 235 Å². The predicted molar refractivity (Wildman–Crippen MR) is 155 cm³/mol. The highest BCUT2D eigenvalue weighted by molar-refractivity contribution is 5.99. The summed E-state index contributed by atoms with van der Waals surface area (Å²) in [5, 5.41) is 22.3. The zero-order valence-electron chi connectivity index (χ0n) is 23.9. The lowest BCUT2D eigenvalue weighted by molar-refractivity contribution is -0.256. The number of carbonyl (C=O) groups excluding carboxylic acids is 2. The molecule has 0 aliphatic carbocycles. The minimum Gasteiger partial charge on any atom is -0.505 e. The fraction of sp³-hybridized carbons (Fsp3) is 0.241. The Morgan fingerprint density at radius 1 is 0.659 bits per heavy atom. The van der Waals surface area contributed by atoms with Crippen LogP contribution in [0, 0.1) is 20.8 Å². The number of quaternary nitrogens is 1. The van der Waals surface area contributed by atoms with Crippen molar-refractivity contribution >= 4 is 28.9 Å². The van der Waals surface area contributed by atoms with Gasteiger partial charge in [0, 0.05) is 50.9 Å².